The van der Waals surface area contributed by atoms with Crippen LogP contribution in [0.2, 0.25) is 0 Å². The molecule has 0 aromatic heterocycles. The van der Waals surface area contributed by atoms with E-state index in [2.05, 4.69) is 28.2 Å². The summed E-state index contributed by atoms with van der Waals surface area (Å²) in [6, 6.07) is 4.02. The zero-order chi connectivity index (χ0) is 15.2. The Balaban J connectivity index is 2.17. The van der Waals surface area contributed by atoms with Crippen molar-refractivity contribution in [1.29, 1.82) is 0 Å². The zero-order valence-electron chi connectivity index (χ0n) is 12.7. The van der Waals surface area contributed by atoms with Crippen LogP contribution in [0.15, 0.2) is 16.6 Å². The smallest absolute Gasteiger partial charge is 0.175 e. The summed E-state index contributed by atoms with van der Waals surface area (Å²) in [7, 11) is 1.64. The Bertz CT molecular complexity index is 467. The van der Waals surface area contributed by atoms with Gasteiger partial charge in [0, 0.05) is 6.54 Å². The van der Waals surface area contributed by atoms with Gasteiger partial charge in [-0.15, -0.1) is 0 Å². The van der Waals surface area contributed by atoms with Crippen molar-refractivity contribution in [2.45, 2.75) is 51.4 Å². The molecule has 0 bridgehead atoms. The Hall–Kier alpha value is -0.780. The van der Waals surface area contributed by atoms with Gasteiger partial charge in [-0.05, 0) is 59.4 Å². The number of hydrogen-bond donors (Lipinski definition) is 2. The van der Waals surface area contributed by atoms with Gasteiger partial charge in [0.05, 0.1) is 17.7 Å². The first kappa shape index (κ1) is 16.6. The topological polar surface area (TPSA) is 50.7 Å². The fraction of sp³-hybridized carbons (Fsp3) is 0.625. The molecule has 2 atom stereocenters. The van der Waals surface area contributed by atoms with Gasteiger partial charge in [-0.3, -0.25) is 0 Å². The van der Waals surface area contributed by atoms with Crippen LogP contribution in [-0.2, 0) is 6.54 Å². The van der Waals surface area contributed by atoms with Crippen LogP contribution in [0.4, 0.5) is 0 Å². The van der Waals surface area contributed by atoms with Gasteiger partial charge in [0.15, 0.2) is 11.5 Å². The second-order valence-corrected chi connectivity index (χ2v) is 6.25. The monoisotopic (exact) mass is 357 g/mol. The van der Waals surface area contributed by atoms with E-state index in [1.807, 2.05) is 12.1 Å². The maximum atomic E-state index is 10.1. The molecule has 5 heteroatoms. The van der Waals surface area contributed by atoms with Gasteiger partial charge in [0.25, 0.3) is 0 Å². The SMILES string of the molecule is CCNCc1cc(Br)c(OC2CCCCC2O)c(OC)c1. The molecule has 1 aromatic carbocycles. The molecule has 1 aromatic rings. The van der Waals surface area contributed by atoms with Gasteiger partial charge < -0.3 is 19.9 Å². The van der Waals surface area contributed by atoms with Gasteiger partial charge in [-0.25, -0.2) is 0 Å². The van der Waals surface area contributed by atoms with E-state index in [1.54, 1.807) is 7.11 Å². The number of aliphatic hydroxyl groups is 1. The summed E-state index contributed by atoms with van der Waals surface area (Å²) < 4.78 is 12.4. The lowest BCUT2D eigenvalue weighted by atomic mass is 9.95. The number of methoxy groups -OCH3 is 1. The van der Waals surface area contributed by atoms with Gasteiger partial charge in [0.2, 0.25) is 0 Å². The van der Waals surface area contributed by atoms with Crippen LogP contribution in [0.25, 0.3) is 0 Å². The molecule has 0 spiro atoms. The van der Waals surface area contributed by atoms with Crippen molar-refractivity contribution in [3.8, 4) is 11.5 Å². The van der Waals surface area contributed by atoms with Crippen LogP contribution in [0.5, 0.6) is 11.5 Å². The van der Waals surface area contributed by atoms with Gasteiger partial charge in [0.1, 0.15) is 6.10 Å². The van der Waals surface area contributed by atoms with Crippen LogP contribution in [0.3, 0.4) is 0 Å². The number of nitrogens with one attached hydrogen (secondary N) is 1. The molecular weight excluding hydrogens is 334 g/mol. The molecule has 0 aliphatic heterocycles. The molecule has 0 saturated heterocycles. The largest absolute Gasteiger partial charge is 0.493 e. The lowest BCUT2D eigenvalue weighted by molar-refractivity contribution is 0.00526. The maximum Gasteiger partial charge on any atom is 0.175 e. The van der Waals surface area contributed by atoms with E-state index in [4.69, 9.17) is 9.47 Å². The summed E-state index contributed by atoms with van der Waals surface area (Å²) in [6.07, 6.45) is 3.32. The first-order chi connectivity index (χ1) is 10.2. The van der Waals surface area contributed by atoms with E-state index in [1.165, 1.54) is 0 Å². The van der Waals surface area contributed by atoms with Crippen molar-refractivity contribution < 1.29 is 14.6 Å². The highest BCUT2D eigenvalue weighted by atomic mass is 79.9. The van der Waals surface area contributed by atoms with Gasteiger partial charge in [-0.2, -0.15) is 0 Å². The lowest BCUT2D eigenvalue weighted by Gasteiger charge is -2.29. The molecule has 2 rings (SSSR count). The molecule has 0 heterocycles. The first-order valence-electron chi connectivity index (χ1n) is 7.57. The average Bonchev–Trinajstić information content (AvgIpc) is 2.49. The number of benzene rings is 1. The van der Waals surface area contributed by atoms with Crippen molar-refractivity contribution in [3.05, 3.63) is 22.2 Å². The van der Waals surface area contributed by atoms with Crippen molar-refractivity contribution in [2.75, 3.05) is 13.7 Å². The zero-order valence-corrected chi connectivity index (χ0v) is 14.3. The number of halogens is 1. The third-order valence-electron chi connectivity index (χ3n) is 3.81. The minimum atomic E-state index is -0.392. The predicted octanol–water partition coefficient (Wildman–Crippen LogP) is 3.25. The first-order valence-corrected chi connectivity index (χ1v) is 8.36. The summed E-state index contributed by atoms with van der Waals surface area (Å²) in [6.45, 7) is 3.79. The van der Waals surface area contributed by atoms with Crippen LogP contribution < -0.4 is 14.8 Å². The van der Waals surface area contributed by atoms with Crippen LogP contribution in [0, 0.1) is 0 Å². The predicted molar refractivity (Wildman–Crippen MR) is 87.0 cm³/mol. The Morgan fingerprint density at radius 1 is 1.33 bits per heavy atom. The molecule has 1 aliphatic carbocycles. The van der Waals surface area contributed by atoms with E-state index in [0.29, 0.717) is 11.5 Å². The third-order valence-corrected chi connectivity index (χ3v) is 4.39. The van der Waals surface area contributed by atoms with Crippen molar-refractivity contribution >= 4 is 15.9 Å². The van der Waals surface area contributed by atoms with Crippen LogP contribution in [0.1, 0.15) is 38.2 Å². The Morgan fingerprint density at radius 2 is 2.10 bits per heavy atom. The second kappa shape index (κ2) is 8.01. The number of aliphatic hydroxyl groups excluding tert-OH is 1. The number of ether oxygens (including phenoxy) is 2. The highest BCUT2D eigenvalue weighted by Gasteiger charge is 2.26. The second-order valence-electron chi connectivity index (χ2n) is 5.40. The highest BCUT2D eigenvalue weighted by Crippen LogP contribution is 2.38. The summed E-state index contributed by atoms with van der Waals surface area (Å²) in [4.78, 5) is 0. The Labute approximate surface area is 135 Å². The van der Waals surface area contributed by atoms with Crippen molar-refractivity contribution in [3.63, 3.8) is 0 Å². The van der Waals surface area contributed by atoms with Crippen molar-refractivity contribution in [2.24, 2.45) is 0 Å². The minimum absolute atomic E-state index is 0.149. The fourth-order valence-electron chi connectivity index (χ4n) is 2.63. The molecule has 4 nitrogen and oxygen atoms in total. The van der Waals surface area contributed by atoms with E-state index in [0.717, 1.165) is 48.8 Å². The normalized spacial score (nSPS) is 22.1. The third kappa shape index (κ3) is 4.34. The summed E-state index contributed by atoms with van der Waals surface area (Å²) in [5.74, 6) is 1.39. The highest BCUT2D eigenvalue weighted by molar-refractivity contribution is 9.10. The molecule has 1 saturated carbocycles. The Morgan fingerprint density at radius 3 is 2.76 bits per heavy atom. The Kier molecular flexibility index (Phi) is 6.33. The molecule has 0 amide bonds. The van der Waals surface area contributed by atoms with E-state index in [-0.39, 0.29) is 6.10 Å². The van der Waals surface area contributed by atoms with Crippen LogP contribution >= 0.6 is 15.9 Å². The van der Waals surface area contributed by atoms with Gasteiger partial charge in [-0.1, -0.05) is 13.3 Å². The van der Waals surface area contributed by atoms with E-state index in [9.17, 15) is 5.11 Å². The molecule has 1 aliphatic rings. The molecule has 1 fully saturated rings. The average molecular weight is 358 g/mol. The fourth-order valence-corrected chi connectivity index (χ4v) is 3.21. The van der Waals surface area contributed by atoms with E-state index >= 15 is 0 Å². The maximum absolute atomic E-state index is 10.1. The molecular formula is C16H24BrNO3. The lowest BCUT2D eigenvalue weighted by Crippen LogP contribution is -2.34. The molecule has 118 valence electrons. The summed E-state index contributed by atoms with van der Waals surface area (Å²) in [5.41, 5.74) is 1.14. The standard InChI is InChI=1S/C16H24BrNO3/c1-3-18-10-11-8-12(17)16(15(9-11)20-2)21-14-7-5-4-6-13(14)19/h8-9,13-14,18-19H,3-7,10H2,1-2H3. The molecule has 2 N–H and O–H groups in total. The van der Waals surface area contributed by atoms with Crippen LogP contribution in [-0.4, -0.2) is 31.0 Å². The number of rotatable bonds is 6. The summed E-state index contributed by atoms with van der Waals surface area (Å²) in [5, 5.41) is 13.4. The van der Waals surface area contributed by atoms with Crippen molar-refractivity contribution in [1.82, 2.24) is 5.32 Å². The quantitative estimate of drug-likeness (QED) is 0.820. The summed E-state index contributed by atoms with van der Waals surface area (Å²) >= 11 is 3.56. The molecule has 21 heavy (non-hydrogen) atoms. The number of hydrogen-bond acceptors (Lipinski definition) is 4. The molecule has 0 radical (unpaired) electrons. The molecule has 2 unspecified atom stereocenters. The minimum Gasteiger partial charge on any atom is -0.493 e. The van der Waals surface area contributed by atoms with Gasteiger partial charge >= 0.3 is 0 Å². The van der Waals surface area contributed by atoms with E-state index < -0.39 is 6.10 Å².